The summed E-state index contributed by atoms with van der Waals surface area (Å²) < 4.78 is 29.4. The van der Waals surface area contributed by atoms with Crippen molar-refractivity contribution in [1.29, 1.82) is 0 Å². The van der Waals surface area contributed by atoms with Gasteiger partial charge in [0.2, 0.25) is 0 Å². The molecule has 0 spiro atoms. The van der Waals surface area contributed by atoms with Crippen molar-refractivity contribution in [3.8, 4) is 16.9 Å². The van der Waals surface area contributed by atoms with Gasteiger partial charge in [-0.05, 0) is 67.7 Å². The summed E-state index contributed by atoms with van der Waals surface area (Å²) in [4.78, 5) is 20.7. The standard InChI is InChI=1S/C27H25F2N5O2/c28-21-9-19(10-22(29)24(21)35)25(36)32-15-26-3-6-27(7-4-26,8-5-26)34-14-18-2-1-17(11-23(18)33-34)20-12-30-16-31-13-20/h1-2,9-14,16,35H,3-8,15H2,(H,32,36)/t26-,27+. The van der Waals surface area contributed by atoms with Crippen LogP contribution in [0.2, 0.25) is 0 Å². The number of benzene rings is 2. The number of hydrogen-bond acceptors (Lipinski definition) is 5. The van der Waals surface area contributed by atoms with E-state index in [0.29, 0.717) is 6.54 Å². The molecule has 2 heterocycles. The number of aromatic hydroxyl groups is 1. The van der Waals surface area contributed by atoms with Crippen molar-refractivity contribution in [1.82, 2.24) is 25.1 Å². The Balaban J connectivity index is 1.15. The first-order valence-electron chi connectivity index (χ1n) is 12.1. The molecular weight excluding hydrogens is 464 g/mol. The molecule has 0 saturated heterocycles. The van der Waals surface area contributed by atoms with Gasteiger partial charge in [0.1, 0.15) is 6.33 Å². The fourth-order valence-corrected chi connectivity index (χ4v) is 5.81. The van der Waals surface area contributed by atoms with Crippen LogP contribution in [0.15, 0.2) is 55.2 Å². The molecular formula is C27H25F2N5O2. The van der Waals surface area contributed by atoms with Gasteiger partial charge in [-0.25, -0.2) is 18.7 Å². The third kappa shape index (κ3) is 3.79. The lowest BCUT2D eigenvalue weighted by atomic mass is 9.57. The largest absolute Gasteiger partial charge is 0.503 e. The summed E-state index contributed by atoms with van der Waals surface area (Å²) in [6.07, 6.45) is 12.9. The van der Waals surface area contributed by atoms with Gasteiger partial charge in [0.05, 0.1) is 11.1 Å². The van der Waals surface area contributed by atoms with Crippen molar-refractivity contribution in [3.05, 3.63) is 72.4 Å². The van der Waals surface area contributed by atoms with Crippen LogP contribution in [0.4, 0.5) is 8.78 Å². The Morgan fingerprint density at radius 1 is 0.972 bits per heavy atom. The lowest BCUT2D eigenvalue weighted by molar-refractivity contribution is -0.00562. The number of hydrogen-bond donors (Lipinski definition) is 2. The van der Waals surface area contributed by atoms with Crippen molar-refractivity contribution in [2.24, 2.45) is 5.41 Å². The molecule has 0 aliphatic heterocycles. The Hall–Kier alpha value is -3.88. The minimum absolute atomic E-state index is 0.0293. The highest BCUT2D eigenvalue weighted by Crippen LogP contribution is 2.55. The van der Waals surface area contributed by atoms with Crippen LogP contribution >= 0.6 is 0 Å². The highest BCUT2D eigenvalue weighted by molar-refractivity contribution is 5.94. The predicted octanol–water partition coefficient (Wildman–Crippen LogP) is 4.96. The summed E-state index contributed by atoms with van der Waals surface area (Å²) in [7, 11) is 0. The van der Waals surface area contributed by atoms with E-state index < -0.39 is 23.3 Å². The molecule has 36 heavy (non-hydrogen) atoms. The predicted molar refractivity (Wildman–Crippen MR) is 129 cm³/mol. The number of nitrogens with one attached hydrogen (secondary N) is 1. The second-order valence-corrected chi connectivity index (χ2v) is 10.2. The molecule has 2 aromatic carbocycles. The Labute approximate surface area is 206 Å². The van der Waals surface area contributed by atoms with E-state index in [4.69, 9.17) is 5.10 Å². The first-order chi connectivity index (χ1) is 17.4. The molecule has 7 nitrogen and oxygen atoms in total. The highest BCUT2D eigenvalue weighted by Gasteiger charge is 2.50. The van der Waals surface area contributed by atoms with Gasteiger partial charge in [-0.3, -0.25) is 9.48 Å². The molecule has 1 amide bonds. The van der Waals surface area contributed by atoms with Crippen molar-refractivity contribution in [2.45, 2.75) is 44.1 Å². The van der Waals surface area contributed by atoms with Gasteiger partial charge in [0.25, 0.3) is 5.91 Å². The first kappa shape index (κ1) is 22.6. The second kappa shape index (κ2) is 8.36. The van der Waals surface area contributed by atoms with Gasteiger partial charge in [-0.2, -0.15) is 5.10 Å². The lowest BCUT2D eigenvalue weighted by Gasteiger charge is -2.53. The number of carbonyl (C=O) groups excluding carboxylic acids is 1. The Kier molecular flexibility index (Phi) is 5.24. The van der Waals surface area contributed by atoms with Crippen LogP contribution in [-0.4, -0.2) is 37.3 Å². The average molecular weight is 490 g/mol. The van der Waals surface area contributed by atoms with Gasteiger partial charge >= 0.3 is 0 Å². The second-order valence-electron chi connectivity index (χ2n) is 10.2. The maximum atomic E-state index is 13.6. The molecule has 3 saturated carbocycles. The van der Waals surface area contributed by atoms with Gasteiger partial charge < -0.3 is 10.4 Å². The zero-order chi connectivity index (χ0) is 24.9. The maximum absolute atomic E-state index is 13.6. The highest BCUT2D eigenvalue weighted by atomic mass is 19.1. The molecule has 9 heteroatoms. The molecule has 3 aliphatic carbocycles. The van der Waals surface area contributed by atoms with Gasteiger partial charge in [-0.1, -0.05) is 12.1 Å². The number of halogens is 2. The van der Waals surface area contributed by atoms with E-state index >= 15 is 0 Å². The smallest absolute Gasteiger partial charge is 0.251 e. The van der Waals surface area contributed by atoms with Crippen LogP contribution < -0.4 is 5.32 Å². The van der Waals surface area contributed by atoms with E-state index in [-0.39, 0.29) is 16.5 Å². The molecule has 7 rings (SSSR count). The van der Waals surface area contributed by atoms with Crippen molar-refractivity contribution in [2.75, 3.05) is 6.54 Å². The minimum atomic E-state index is -1.14. The maximum Gasteiger partial charge on any atom is 0.251 e. The molecule has 184 valence electrons. The molecule has 3 fully saturated rings. The SMILES string of the molecule is O=C(NC[C@]12CC[C@](n3cc4ccc(-c5cncnc5)cc4n3)(CC1)CC2)c1cc(F)c(O)c(F)c1. The van der Waals surface area contributed by atoms with E-state index in [1.165, 1.54) is 6.33 Å². The summed E-state index contributed by atoms with van der Waals surface area (Å²) in [6.45, 7) is 0.454. The summed E-state index contributed by atoms with van der Waals surface area (Å²) in [6, 6.07) is 7.93. The van der Waals surface area contributed by atoms with E-state index in [1.54, 1.807) is 12.4 Å². The molecule has 0 unspecified atom stereocenters. The van der Waals surface area contributed by atoms with E-state index in [2.05, 4.69) is 44.4 Å². The molecule has 2 aromatic heterocycles. The van der Waals surface area contributed by atoms with Crippen LogP contribution in [0, 0.1) is 17.0 Å². The van der Waals surface area contributed by atoms with E-state index in [1.807, 2.05) is 0 Å². The molecule has 2 bridgehead atoms. The lowest BCUT2D eigenvalue weighted by Crippen LogP contribution is -2.51. The van der Waals surface area contributed by atoms with Crippen LogP contribution in [-0.2, 0) is 5.54 Å². The molecule has 3 aliphatic rings. The third-order valence-electron chi connectivity index (χ3n) is 8.15. The summed E-state index contributed by atoms with van der Waals surface area (Å²) in [5, 5.41) is 18.2. The summed E-state index contributed by atoms with van der Waals surface area (Å²) >= 11 is 0. The van der Waals surface area contributed by atoms with Crippen LogP contribution in [0.3, 0.4) is 0 Å². The van der Waals surface area contributed by atoms with Gasteiger partial charge in [0.15, 0.2) is 17.4 Å². The third-order valence-corrected chi connectivity index (χ3v) is 8.15. The van der Waals surface area contributed by atoms with E-state index in [9.17, 15) is 18.7 Å². The molecule has 2 N–H and O–H groups in total. The monoisotopic (exact) mass is 489 g/mol. The fourth-order valence-electron chi connectivity index (χ4n) is 5.81. The van der Waals surface area contributed by atoms with Gasteiger partial charge in [-0.15, -0.1) is 0 Å². The van der Waals surface area contributed by atoms with Gasteiger partial charge in [0, 0.05) is 41.6 Å². The fraction of sp³-hybridized carbons (Fsp3) is 0.333. The Morgan fingerprint density at radius 2 is 1.64 bits per heavy atom. The summed E-state index contributed by atoms with van der Waals surface area (Å²) in [5.41, 5.74) is 2.72. The number of phenols is 1. The number of amides is 1. The number of carbonyl (C=O) groups is 1. The topological polar surface area (TPSA) is 92.9 Å². The van der Waals surface area contributed by atoms with Crippen molar-refractivity contribution in [3.63, 3.8) is 0 Å². The quantitative estimate of drug-likeness (QED) is 0.414. The minimum Gasteiger partial charge on any atom is -0.503 e. The molecule has 4 aromatic rings. The number of nitrogens with zero attached hydrogens (tertiary/aromatic N) is 4. The number of fused-ring (bicyclic) bond motifs is 4. The normalized spacial score (nSPS) is 23.2. The van der Waals surface area contributed by atoms with Crippen LogP contribution in [0.25, 0.3) is 22.0 Å². The van der Waals surface area contributed by atoms with Crippen LogP contribution in [0.1, 0.15) is 48.9 Å². The number of phenolic OH excluding ortho intramolecular Hbond substituents is 1. The zero-order valence-electron chi connectivity index (χ0n) is 19.5. The number of aromatic nitrogens is 4. The van der Waals surface area contributed by atoms with Crippen molar-refractivity contribution < 1.29 is 18.7 Å². The summed E-state index contributed by atoms with van der Waals surface area (Å²) in [5.74, 6) is -3.90. The zero-order valence-corrected chi connectivity index (χ0v) is 19.5. The Morgan fingerprint density at radius 3 is 2.31 bits per heavy atom. The molecule has 0 radical (unpaired) electrons. The number of rotatable bonds is 5. The first-order valence-corrected chi connectivity index (χ1v) is 12.1. The van der Waals surface area contributed by atoms with Crippen molar-refractivity contribution >= 4 is 16.8 Å². The van der Waals surface area contributed by atoms with E-state index in [0.717, 1.165) is 72.7 Å². The average Bonchev–Trinajstić information content (AvgIpc) is 3.36. The molecule has 0 atom stereocenters. The Bertz CT molecular complexity index is 1420. The van der Waals surface area contributed by atoms with Crippen LogP contribution in [0.5, 0.6) is 5.75 Å².